The minimum Gasteiger partial charge on any atom is -0.392 e. The van der Waals surface area contributed by atoms with Crippen molar-refractivity contribution in [2.45, 2.75) is 6.61 Å². The van der Waals surface area contributed by atoms with Crippen LogP contribution in [0.2, 0.25) is 0 Å². The maximum atomic E-state index is 10.7. The SMILES string of the molecule is [O]c1ccccc1CO. The topological polar surface area (TPSA) is 40.1 Å². The molecular weight excluding hydrogens is 116 g/mol. The molecule has 0 bridgehead atoms. The molecule has 0 unspecified atom stereocenters. The van der Waals surface area contributed by atoms with Crippen molar-refractivity contribution in [3.8, 4) is 5.75 Å². The summed E-state index contributed by atoms with van der Waals surface area (Å²) < 4.78 is 0. The summed E-state index contributed by atoms with van der Waals surface area (Å²) in [4.78, 5) is 0. The number of benzene rings is 1. The number of hydrogen-bond donors (Lipinski definition) is 1. The van der Waals surface area contributed by atoms with Gasteiger partial charge in [-0.05, 0) is 6.07 Å². The molecule has 1 radical (unpaired) electrons. The van der Waals surface area contributed by atoms with Crippen molar-refractivity contribution in [2.75, 3.05) is 0 Å². The molecule has 9 heavy (non-hydrogen) atoms. The van der Waals surface area contributed by atoms with Crippen LogP contribution in [-0.4, -0.2) is 5.11 Å². The third kappa shape index (κ3) is 1.21. The van der Waals surface area contributed by atoms with Crippen LogP contribution in [-0.2, 0) is 11.7 Å². The summed E-state index contributed by atoms with van der Waals surface area (Å²) in [5.74, 6) is -0.0972. The molecule has 1 aromatic rings. The van der Waals surface area contributed by atoms with Crippen LogP contribution in [0.1, 0.15) is 5.56 Å². The maximum absolute atomic E-state index is 10.7. The molecule has 0 aromatic heterocycles. The van der Waals surface area contributed by atoms with E-state index in [1.54, 1.807) is 18.2 Å². The standard InChI is InChI=1S/C7H7O2/c8-5-6-3-1-2-4-7(6)9/h1-4,8H,5H2. The van der Waals surface area contributed by atoms with Gasteiger partial charge in [0.25, 0.3) is 0 Å². The first kappa shape index (κ1) is 6.11. The van der Waals surface area contributed by atoms with Gasteiger partial charge in [-0.15, -0.1) is 0 Å². The molecule has 0 amide bonds. The highest BCUT2D eigenvalue weighted by atomic mass is 16.3. The predicted octanol–water partition coefficient (Wildman–Crippen LogP) is 1.32. The molecule has 1 rings (SSSR count). The van der Waals surface area contributed by atoms with Crippen LogP contribution in [0.3, 0.4) is 0 Å². The zero-order valence-electron chi connectivity index (χ0n) is 4.87. The predicted molar refractivity (Wildman–Crippen MR) is 32.5 cm³/mol. The molecule has 0 aliphatic carbocycles. The average molecular weight is 123 g/mol. The smallest absolute Gasteiger partial charge is 0.184 e. The lowest BCUT2D eigenvalue weighted by molar-refractivity contribution is 0.266. The molecule has 2 nitrogen and oxygen atoms in total. The highest BCUT2D eigenvalue weighted by Gasteiger charge is 1.96. The summed E-state index contributed by atoms with van der Waals surface area (Å²) in [6, 6.07) is 6.43. The van der Waals surface area contributed by atoms with Crippen molar-refractivity contribution >= 4 is 0 Å². The van der Waals surface area contributed by atoms with Crippen LogP contribution >= 0.6 is 0 Å². The largest absolute Gasteiger partial charge is 0.392 e. The fourth-order valence-electron chi connectivity index (χ4n) is 0.634. The third-order valence-corrected chi connectivity index (χ3v) is 1.14. The summed E-state index contributed by atoms with van der Waals surface area (Å²) in [6.45, 7) is -0.167. The Kier molecular flexibility index (Phi) is 1.70. The van der Waals surface area contributed by atoms with Gasteiger partial charge in [-0.1, -0.05) is 18.2 Å². The Morgan fingerprint density at radius 1 is 1.33 bits per heavy atom. The van der Waals surface area contributed by atoms with E-state index in [1.807, 2.05) is 0 Å². The molecule has 0 aliphatic heterocycles. The lowest BCUT2D eigenvalue weighted by Crippen LogP contribution is -1.80. The van der Waals surface area contributed by atoms with E-state index in [2.05, 4.69) is 0 Å². The van der Waals surface area contributed by atoms with Gasteiger partial charge in [0.05, 0.1) is 6.61 Å². The minimum absolute atomic E-state index is 0.0972. The van der Waals surface area contributed by atoms with Gasteiger partial charge in [-0.25, -0.2) is 0 Å². The van der Waals surface area contributed by atoms with E-state index in [0.717, 1.165) is 0 Å². The van der Waals surface area contributed by atoms with Crippen molar-refractivity contribution in [1.29, 1.82) is 0 Å². The Hall–Kier alpha value is -1.02. The van der Waals surface area contributed by atoms with Crippen LogP contribution in [0.25, 0.3) is 0 Å². The van der Waals surface area contributed by atoms with Crippen molar-refractivity contribution in [3.63, 3.8) is 0 Å². The molecule has 0 fully saturated rings. The summed E-state index contributed by atoms with van der Waals surface area (Å²) in [7, 11) is 0. The summed E-state index contributed by atoms with van der Waals surface area (Å²) in [5, 5.41) is 19.2. The molecule has 2 heteroatoms. The Morgan fingerprint density at radius 2 is 2.00 bits per heavy atom. The Morgan fingerprint density at radius 3 is 2.44 bits per heavy atom. The van der Waals surface area contributed by atoms with E-state index in [0.29, 0.717) is 5.56 Å². The Labute approximate surface area is 53.4 Å². The highest BCUT2D eigenvalue weighted by molar-refractivity contribution is 5.30. The van der Waals surface area contributed by atoms with Crippen molar-refractivity contribution in [1.82, 2.24) is 0 Å². The molecule has 0 heterocycles. The zero-order chi connectivity index (χ0) is 6.69. The first-order valence-corrected chi connectivity index (χ1v) is 2.70. The second-order valence-corrected chi connectivity index (χ2v) is 1.77. The fourth-order valence-corrected chi connectivity index (χ4v) is 0.634. The molecule has 0 saturated carbocycles. The van der Waals surface area contributed by atoms with Crippen LogP contribution in [0, 0.1) is 0 Å². The number of aliphatic hydroxyl groups is 1. The molecule has 1 N–H and O–H groups in total. The minimum atomic E-state index is -0.167. The maximum Gasteiger partial charge on any atom is 0.184 e. The number of hydrogen-bond acceptors (Lipinski definition) is 1. The van der Waals surface area contributed by atoms with Crippen LogP contribution in [0.4, 0.5) is 0 Å². The Balaban J connectivity index is 3.01. The molecule has 0 aliphatic rings. The van der Waals surface area contributed by atoms with Gasteiger partial charge >= 0.3 is 0 Å². The molecule has 0 spiro atoms. The Bertz CT molecular complexity index is 196. The third-order valence-electron chi connectivity index (χ3n) is 1.14. The fraction of sp³-hybridized carbons (Fsp3) is 0.143. The lowest BCUT2D eigenvalue weighted by Gasteiger charge is -1.93. The second kappa shape index (κ2) is 2.51. The first-order valence-electron chi connectivity index (χ1n) is 2.70. The van der Waals surface area contributed by atoms with Gasteiger partial charge in [0, 0.05) is 5.56 Å². The summed E-state index contributed by atoms with van der Waals surface area (Å²) >= 11 is 0. The molecule has 0 saturated heterocycles. The first-order chi connectivity index (χ1) is 4.34. The van der Waals surface area contributed by atoms with E-state index in [-0.39, 0.29) is 12.4 Å². The highest BCUT2D eigenvalue weighted by Crippen LogP contribution is 2.15. The normalized spacial score (nSPS) is 9.44. The van der Waals surface area contributed by atoms with Gasteiger partial charge in [0.15, 0.2) is 5.75 Å². The molecule has 47 valence electrons. The van der Waals surface area contributed by atoms with Gasteiger partial charge < -0.3 is 5.11 Å². The van der Waals surface area contributed by atoms with Gasteiger partial charge in [-0.2, -0.15) is 0 Å². The zero-order valence-corrected chi connectivity index (χ0v) is 4.87. The van der Waals surface area contributed by atoms with E-state index < -0.39 is 0 Å². The van der Waals surface area contributed by atoms with Crippen molar-refractivity contribution in [2.24, 2.45) is 0 Å². The molecule has 0 atom stereocenters. The van der Waals surface area contributed by atoms with E-state index in [4.69, 9.17) is 5.11 Å². The average Bonchev–Trinajstić information content (AvgIpc) is 1.89. The van der Waals surface area contributed by atoms with Crippen LogP contribution in [0.5, 0.6) is 5.75 Å². The van der Waals surface area contributed by atoms with Crippen LogP contribution in [0.15, 0.2) is 24.3 Å². The molecular formula is C7H7O2. The number of rotatable bonds is 1. The van der Waals surface area contributed by atoms with Crippen LogP contribution < -0.4 is 0 Å². The summed E-state index contributed by atoms with van der Waals surface area (Å²) in [6.07, 6.45) is 0. The monoisotopic (exact) mass is 123 g/mol. The summed E-state index contributed by atoms with van der Waals surface area (Å²) in [5.41, 5.74) is 0.456. The lowest BCUT2D eigenvalue weighted by atomic mass is 10.2. The number of para-hydroxylation sites is 1. The van der Waals surface area contributed by atoms with Gasteiger partial charge in [0.2, 0.25) is 0 Å². The molecule has 1 aromatic carbocycles. The van der Waals surface area contributed by atoms with Crippen molar-refractivity contribution < 1.29 is 10.2 Å². The quantitative estimate of drug-likeness (QED) is 0.601. The second-order valence-electron chi connectivity index (χ2n) is 1.77. The van der Waals surface area contributed by atoms with E-state index in [9.17, 15) is 5.11 Å². The van der Waals surface area contributed by atoms with E-state index in [1.165, 1.54) is 6.07 Å². The van der Waals surface area contributed by atoms with Gasteiger partial charge in [0.1, 0.15) is 0 Å². The van der Waals surface area contributed by atoms with Gasteiger partial charge in [-0.3, -0.25) is 5.11 Å². The number of aliphatic hydroxyl groups excluding tert-OH is 1. The van der Waals surface area contributed by atoms with E-state index >= 15 is 0 Å². The van der Waals surface area contributed by atoms with Crippen molar-refractivity contribution in [3.05, 3.63) is 29.8 Å².